The Morgan fingerprint density at radius 3 is 2.92 bits per heavy atom. The summed E-state index contributed by atoms with van der Waals surface area (Å²) in [4.78, 5) is 12.0. The number of fused-ring (bicyclic) bond motifs is 1. The summed E-state index contributed by atoms with van der Waals surface area (Å²) in [5.74, 6) is 0.972. The summed E-state index contributed by atoms with van der Waals surface area (Å²) < 4.78 is 12.3. The number of rotatable bonds is 7. The van der Waals surface area contributed by atoms with Gasteiger partial charge in [0.05, 0.1) is 25.4 Å². The summed E-state index contributed by atoms with van der Waals surface area (Å²) in [5, 5.41) is 12.0. The van der Waals surface area contributed by atoms with Gasteiger partial charge in [0.15, 0.2) is 11.5 Å². The number of amides is 1. The Morgan fingerprint density at radius 1 is 1.27 bits per heavy atom. The minimum Gasteiger partial charge on any atom is -0.493 e. The quantitative estimate of drug-likeness (QED) is 0.518. The Kier molecular flexibility index (Phi) is 5.43. The number of methoxy groups -OCH3 is 1. The molecule has 8 heteroatoms. The Hall–Kier alpha value is -3.42. The van der Waals surface area contributed by atoms with E-state index in [9.17, 15) is 4.79 Å². The molecule has 1 heterocycles. The van der Waals surface area contributed by atoms with E-state index in [1.165, 1.54) is 10.9 Å². The van der Waals surface area contributed by atoms with Crippen LogP contribution in [0, 0.1) is 0 Å². The van der Waals surface area contributed by atoms with Crippen molar-refractivity contribution >= 4 is 23.2 Å². The molecule has 134 valence electrons. The van der Waals surface area contributed by atoms with Crippen LogP contribution in [0.3, 0.4) is 0 Å². The molecule has 0 unspecified atom stereocenters. The molecule has 1 N–H and O–H groups in total. The zero-order chi connectivity index (χ0) is 18.4. The number of hydrazone groups is 1. The number of benzene rings is 2. The third kappa shape index (κ3) is 3.97. The molecule has 0 saturated carbocycles. The fourth-order valence-corrected chi connectivity index (χ4v) is 2.42. The highest BCUT2D eigenvalue weighted by atomic mass is 16.5. The summed E-state index contributed by atoms with van der Waals surface area (Å²) in [6, 6.07) is 12.9. The molecule has 0 aliphatic carbocycles. The lowest BCUT2D eigenvalue weighted by molar-refractivity contribution is -0.121. The van der Waals surface area contributed by atoms with E-state index in [4.69, 9.17) is 9.47 Å². The number of para-hydroxylation sites is 1. The van der Waals surface area contributed by atoms with Gasteiger partial charge < -0.3 is 9.47 Å². The van der Waals surface area contributed by atoms with E-state index >= 15 is 0 Å². The maximum Gasteiger partial charge on any atom is 0.261 e. The second-order valence-electron chi connectivity index (χ2n) is 5.37. The Balaban J connectivity index is 1.62. The zero-order valence-corrected chi connectivity index (χ0v) is 14.5. The molecular weight excluding hydrogens is 334 g/mol. The van der Waals surface area contributed by atoms with E-state index in [0.29, 0.717) is 18.1 Å². The van der Waals surface area contributed by atoms with Crippen LogP contribution in [0.5, 0.6) is 11.5 Å². The van der Waals surface area contributed by atoms with E-state index in [-0.39, 0.29) is 12.5 Å². The van der Waals surface area contributed by atoms with Gasteiger partial charge in [-0.05, 0) is 42.8 Å². The molecule has 3 rings (SSSR count). The van der Waals surface area contributed by atoms with E-state index in [2.05, 4.69) is 20.8 Å². The molecule has 0 radical (unpaired) electrons. The lowest BCUT2D eigenvalue weighted by Crippen LogP contribution is -2.23. The SMILES string of the molecule is CCOc1ccc(C=NNC(=O)Cn2nnc3ccccc32)cc1OC. The van der Waals surface area contributed by atoms with Crippen molar-refractivity contribution in [2.24, 2.45) is 5.10 Å². The van der Waals surface area contributed by atoms with Crippen LogP contribution < -0.4 is 14.9 Å². The minimum absolute atomic E-state index is 0.0322. The third-order valence-electron chi connectivity index (χ3n) is 3.60. The van der Waals surface area contributed by atoms with Gasteiger partial charge in [0.1, 0.15) is 12.1 Å². The monoisotopic (exact) mass is 353 g/mol. The van der Waals surface area contributed by atoms with Crippen molar-refractivity contribution in [2.75, 3.05) is 13.7 Å². The molecule has 1 amide bonds. The van der Waals surface area contributed by atoms with Crippen molar-refractivity contribution < 1.29 is 14.3 Å². The van der Waals surface area contributed by atoms with Gasteiger partial charge in [-0.15, -0.1) is 5.10 Å². The molecule has 0 aliphatic rings. The van der Waals surface area contributed by atoms with Crippen LogP contribution >= 0.6 is 0 Å². The van der Waals surface area contributed by atoms with Crippen molar-refractivity contribution in [3.63, 3.8) is 0 Å². The van der Waals surface area contributed by atoms with Crippen LogP contribution in [0.25, 0.3) is 11.0 Å². The van der Waals surface area contributed by atoms with Crippen LogP contribution in [0.2, 0.25) is 0 Å². The number of nitrogens with one attached hydrogen (secondary N) is 1. The van der Waals surface area contributed by atoms with E-state index < -0.39 is 0 Å². The summed E-state index contributed by atoms with van der Waals surface area (Å²) in [7, 11) is 1.57. The first-order valence-electron chi connectivity index (χ1n) is 8.12. The number of aromatic nitrogens is 3. The maximum atomic E-state index is 12.0. The Morgan fingerprint density at radius 2 is 2.12 bits per heavy atom. The summed E-state index contributed by atoms with van der Waals surface area (Å²) in [6.45, 7) is 2.49. The van der Waals surface area contributed by atoms with Crippen molar-refractivity contribution in [1.29, 1.82) is 0 Å². The molecule has 8 nitrogen and oxygen atoms in total. The van der Waals surface area contributed by atoms with E-state index in [1.807, 2.05) is 37.3 Å². The fourth-order valence-electron chi connectivity index (χ4n) is 2.42. The molecule has 0 aliphatic heterocycles. The third-order valence-corrected chi connectivity index (χ3v) is 3.60. The first kappa shape index (κ1) is 17.4. The van der Waals surface area contributed by atoms with Crippen molar-refractivity contribution in [3.8, 4) is 11.5 Å². The highest BCUT2D eigenvalue weighted by Gasteiger charge is 2.08. The van der Waals surface area contributed by atoms with Crippen LogP contribution in [-0.2, 0) is 11.3 Å². The van der Waals surface area contributed by atoms with Crippen molar-refractivity contribution in [2.45, 2.75) is 13.5 Å². The number of carbonyl (C=O) groups excluding carboxylic acids is 1. The Bertz CT molecular complexity index is 935. The highest BCUT2D eigenvalue weighted by Crippen LogP contribution is 2.27. The molecule has 0 atom stereocenters. The van der Waals surface area contributed by atoms with Crippen LogP contribution in [-0.4, -0.2) is 40.8 Å². The summed E-state index contributed by atoms with van der Waals surface area (Å²) >= 11 is 0. The lowest BCUT2D eigenvalue weighted by atomic mass is 10.2. The number of hydrogen-bond acceptors (Lipinski definition) is 6. The molecular formula is C18H19N5O3. The second kappa shape index (κ2) is 8.11. The molecule has 26 heavy (non-hydrogen) atoms. The van der Waals surface area contributed by atoms with Crippen LogP contribution in [0.4, 0.5) is 0 Å². The molecule has 2 aromatic carbocycles. The maximum absolute atomic E-state index is 12.0. The zero-order valence-electron chi connectivity index (χ0n) is 14.5. The van der Waals surface area contributed by atoms with E-state index in [0.717, 1.165) is 16.6 Å². The minimum atomic E-state index is -0.296. The molecule has 0 bridgehead atoms. The largest absolute Gasteiger partial charge is 0.493 e. The summed E-state index contributed by atoms with van der Waals surface area (Å²) in [5.41, 5.74) is 4.79. The molecule has 0 saturated heterocycles. The van der Waals surface area contributed by atoms with Gasteiger partial charge in [-0.3, -0.25) is 4.79 Å². The van der Waals surface area contributed by atoms with Crippen LogP contribution in [0.15, 0.2) is 47.6 Å². The molecule has 0 spiro atoms. The number of carbonyl (C=O) groups is 1. The topological polar surface area (TPSA) is 90.6 Å². The number of hydrogen-bond donors (Lipinski definition) is 1. The predicted molar refractivity (Wildman–Crippen MR) is 97.4 cm³/mol. The van der Waals surface area contributed by atoms with E-state index in [1.54, 1.807) is 19.2 Å². The summed E-state index contributed by atoms with van der Waals surface area (Å²) in [6.07, 6.45) is 1.54. The smallest absolute Gasteiger partial charge is 0.261 e. The average molecular weight is 353 g/mol. The van der Waals surface area contributed by atoms with Gasteiger partial charge in [-0.25, -0.2) is 10.1 Å². The van der Waals surface area contributed by atoms with Gasteiger partial charge in [0.25, 0.3) is 5.91 Å². The first-order chi connectivity index (χ1) is 12.7. The van der Waals surface area contributed by atoms with Gasteiger partial charge in [-0.1, -0.05) is 17.3 Å². The van der Waals surface area contributed by atoms with Crippen molar-refractivity contribution in [1.82, 2.24) is 20.4 Å². The average Bonchev–Trinajstić information content (AvgIpc) is 3.06. The first-order valence-corrected chi connectivity index (χ1v) is 8.12. The van der Waals surface area contributed by atoms with Crippen LogP contribution in [0.1, 0.15) is 12.5 Å². The fraction of sp³-hybridized carbons (Fsp3) is 0.222. The molecule has 3 aromatic rings. The van der Waals surface area contributed by atoms with Gasteiger partial charge in [0.2, 0.25) is 0 Å². The number of nitrogens with zero attached hydrogens (tertiary/aromatic N) is 4. The molecule has 1 aromatic heterocycles. The second-order valence-corrected chi connectivity index (χ2v) is 5.37. The predicted octanol–water partition coefficient (Wildman–Crippen LogP) is 1.99. The van der Waals surface area contributed by atoms with Crippen molar-refractivity contribution in [3.05, 3.63) is 48.0 Å². The van der Waals surface area contributed by atoms with Gasteiger partial charge in [0, 0.05) is 0 Å². The normalized spacial score (nSPS) is 11.0. The number of ether oxygens (including phenoxy) is 2. The standard InChI is InChI=1S/C18H19N5O3/c1-3-26-16-9-8-13(10-17(16)25-2)11-19-21-18(24)12-23-15-7-5-4-6-14(15)20-22-23/h4-11H,3,12H2,1-2H3,(H,21,24). The van der Waals surface area contributed by atoms with Gasteiger partial charge >= 0.3 is 0 Å². The lowest BCUT2D eigenvalue weighted by Gasteiger charge is -2.09. The Labute approximate surface area is 150 Å². The molecule has 0 fully saturated rings. The highest BCUT2D eigenvalue weighted by molar-refractivity contribution is 5.84. The van der Waals surface area contributed by atoms with Gasteiger partial charge in [-0.2, -0.15) is 5.10 Å².